The van der Waals surface area contributed by atoms with Gasteiger partial charge in [-0.15, -0.1) is 0 Å². The molecule has 4 unspecified atom stereocenters. The summed E-state index contributed by atoms with van der Waals surface area (Å²) in [6, 6.07) is 3.23. The standard InChI is InChI=1S/C13H17N3O3/c1-18-13-8(3-2-5-15-13)12(17)16-10-9(14)7-4-6-19-11(7)10/h2-3,5,7,9-11H,4,6,14H2,1H3,(H,16,17). The fraction of sp³-hybridized carbons (Fsp3) is 0.538. The molecule has 6 heteroatoms. The Bertz CT molecular complexity index is 494. The zero-order valence-corrected chi connectivity index (χ0v) is 10.7. The maximum atomic E-state index is 12.2. The minimum atomic E-state index is -0.223. The van der Waals surface area contributed by atoms with E-state index in [-0.39, 0.29) is 24.1 Å². The number of rotatable bonds is 3. The average Bonchev–Trinajstić information content (AvgIpc) is 2.89. The van der Waals surface area contributed by atoms with Crippen molar-refractivity contribution in [3.63, 3.8) is 0 Å². The molecule has 19 heavy (non-hydrogen) atoms. The minimum Gasteiger partial charge on any atom is -0.480 e. The molecule has 0 spiro atoms. The van der Waals surface area contributed by atoms with Crippen LogP contribution in [0.15, 0.2) is 18.3 Å². The number of amides is 1. The van der Waals surface area contributed by atoms with Gasteiger partial charge in [-0.25, -0.2) is 4.98 Å². The van der Waals surface area contributed by atoms with Gasteiger partial charge in [0.2, 0.25) is 5.88 Å². The zero-order valence-electron chi connectivity index (χ0n) is 10.7. The molecule has 1 amide bonds. The Kier molecular flexibility index (Phi) is 3.12. The molecule has 0 bridgehead atoms. The second-order valence-corrected chi connectivity index (χ2v) is 4.92. The van der Waals surface area contributed by atoms with Crippen LogP contribution in [0.1, 0.15) is 16.8 Å². The van der Waals surface area contributed by atoms with E-state index < -0.39 is 0 Å². The number of fused-ring (bicyclic) bond motifs is 1. The molecular weight excluding hydrogens is 246 g/mol. The molecule has 4 atom stereocenters. The lowest BCUT2D eigenvalue weighted by Gasteiger charge is -2.45. The predicted molar refractivity (Wildman–Crippen MR) is 67.9 cm³/mol. The summed E-state index contributed by atoms with van der Waals surface area (Å²) in [4.78, 5) is 16.2. The van der Waals surface area contributed by atoms with Crippen LogP contribution in [0.5, 0.6) is 5.88 Å². The molecule has 102 valence electrons. The first-order valence-corrected chi connectivity index (χ1v) is 6.39. The Morgan fingerprint density at radius 2 is 2.47 bits per heavy atom. The van der Waals surface area contributed by atoms with Crippen molar-refractivity contribution in [1.82, 2.24) is 10.3 Å². The van der Waals surface area contributed by atoms with Crippen LogP contribution in [0.3, 0.4) is 0 Å². The van der Waals surface area contributed by atoms with E-state index >= 15 is 0 Å². The number of carbonyl (C=O) groups excluding carboxylic acids is 1. The highest BCUT2D eigenvalue weighted by Crippen LogP contribution is 2.37. The number of aromatic nitrogens is 1. The largest absolute Gasteiger partial charge is 0.480 e. The number of nitrogens with two attached hydrogens (primary N) is 1. The average molecular weight is 263 g/mol. The Hall–Kier alpha value is -1.66. The second kappa shape index (κ2) is 4.79. The lowest BCUT2D eigenvalue weighted by Crippen LogP contribution is -2.68. The molecule has 0 radical (unpaired) electrons. The molecule has 2 aliphatic rings. The highest BCUT2D eigenvalue weighted by Gasteiger charge is 2.52. The van der Waals surface area contributed by atoms with Gasteiger partial charge >= 0.3 is 0 Å². The number of pyridine rings is 1. The smallest absolute Gasteiger partial charge is 0.257 e. The number of hydrogen-bond acceptors (Lipinski definition) is 5. The van der Waals surface area contributed by atoms with E-state index in [4.69, 9.17) is 15.2 Å². The van der Waals surface area contributed by atoms with Gasteiger partial charge in [-0.3, -0.25) is 4.79 Å². The molecule has 0 aromatic carbocycles. The molecule has 1 aliphatic heterocycles. The molecule has 6 nitrogen and oxygen atoms in total. The van der Waals surface area contributed by atoms with Crippen LogP contribution in [-0.2, 0) is 4.74 Å². The van der Waals surface area contributed by atoms with Crippen LogP contribution in [0.4, 0.5) is 0 Å². The minimum absolute atomic E-state index is 0.0286. The highest BCUT2D eigenvalue weighted by atomic mass is 16.5. The Morgan fingerprint density at radius 3 is 3.26 bits per heavy atom. The predicted octanol–water partition coefficient (Wildman–Crippen LogP) is -0.0654. The van der Waals surface area contributed by atoms with Gasteiger partial charge in [-0.1, -0.05) is 0 Å². The molecule has 2 heterocycles. The zero-order chi connectivity index (χ0) is 13.4. The first kappa shape index (κ1) is 12.4. The van der Waals surface area contributed by atoms with E-state index in [0.717, 1.165) is 13.0 Å². The summed E-state index contributed by atoms with van der Waals surface area (Å²) in [5.41, 5.74) is 6.48. The lowest BCUT2D eigenvalue weighted by molar-refractivity contribution is -0.0161. The summed E-state index contributed by atoms with van der Waals surface area (Å²) < 4.78 is 10.7. The monoisotopic (exact) mass is 263 g/mol. The SMILES string of the molecule is COc1ncccc1C(=O)NC1C(N)C2CCOC21. The van der Waals surface area contributed by atoms with Crippen molar-refractivity contribution in [1.29, 1.82) is 0 Å². The Morgan fingerprint density at radius 1 is 1.63 bits per heavy atom. The van der Waals surface area contributed by atoms with Crippen molar-refractivity contribution in [2.45, 2.75) is 24.6 Å². The number of nitrogens with one attached hydrogen (secondary N) is 1. The molecule has 1 saturated heterocycles. The van der Waals surface area contributed by atoms with Crippen molar-refractivity contribution < 1.29 is 14.3 Å². The summed E-state index contributed by atoms with van der Waals surface area (Å²) in [7, 11) is 1.49. The highest BCUT2D eigenvalue weighted by molar-refractivity contribution is 5.96. The van der Waals surface area contributed by atoms with Crippen molar-refractivity contribution in [3.8, 4) is 5.88 Å². The Labute approximate surface area is 111 Å². The van der Waals surface area contributed by atoms with E-state index in [1.54, 1.807) is 18.3 Å². The van der Waals surface area contributed by atoms with E-state index in [9.17, 15) is 4.79 Å². The third-order valence-corrected chi connectivity index (χ3v) is 3.95. The molecule has 1 saturated carbocycles. The third-order valence-electron chi connectivity index (χ3n) is 3.95. The van der Waals surface area contributed by atoms with E-state index in [0.29, 0.717) is 17.4 Å². The molecule has 1 aromatic rings. The topological polar surface area (TPSA) is 86.5 Å². The molecule has 3 N–H and O–H groups in total. The molecule has 1 aliphatic carbocycles. The lowest BCUT2D eigenvalue weighted by atomic mass is 9.72. The van der Waals surface area contributed by atoms with Gasteiger partial charge in [0.15, 0.2) is 0 Å². The van der Waals surface area contributed by atoms with Crippen molar-refractivity contribution in [2.75, 3.05) is 13.7 Å². The first-order valence-electron chi connectivity index (χ1n) is 6.39. The van der Waals surface area contributed by atoms with Crippen molar-refractivity contribution in [2.24, 2.45) is 11.7 Å². The van der Waals surface area contributed by atoms with Gasteiger partial charge in [0.1, 0.15) is 5.56 Å². The molecule has 3 rings (SSSR count). The fourth-order valence-corrected chi connectivity index (χ4v) is 2.88. The number of methoxy groups -OCH3 is 1. The normalized spacial score (nSPS) is 32.3. The maximum absolute atomic E-state index is 12.2. The van der Waals surface area contributed by atoms with Crippen molar-refractivity contribution in [3.05, 3.63) is 23.9 Å². The van der Waals surface area contributed by atoms with Crippen LogP contribution >= 0.6 is 0 Å². The van der Waals surface area contributed by atoms with Crippen LogP contribution < -0.4 is 15.8 Å². The summed E-state index contributed by atoms with van der Waals surface area (Å²) in [6.07, 6.45) is 2.62. The van der Waals surface area contributed by atoms with Crippen LogP contribution in [-0.4, -0.2) is 42.8 Å². The van der Waals surface area contributed by atoms with Gasteiger partial charge in [-0.05, 0) is 18.6 Å². The summed E-state index contributed by atoms with van der Waals surface area (Å²) >= 11 is 0. The number of nitrogens with zero attached hydrogens (tertiary/aromatic N) is 1. The Balaban J connectivity index is 1.72. The maximum Gasteiger partial charge on any atom is 0.257 e. The quantitative estimate of drug-likeness (QED) is 0.797. The third kappa shape index (κ3) is 1.97. The summed E-state index contributed by atoms with van der Waals surface area (Å²) in [5, 5.41) is 2.92. The van der Waals surface area contributed by atoms with Gasteiger partial charge in [0.25, 0.3) is 5.91 Å². The van der Waals surface area contributed by atoms with Gasteiger partial charge in [0.05, 0.1) is 19.3 Å². The van der Waals surface area contributed by atoms with E-state index in [2.05, 4.69) is 10.3 Å². The second-order valence-electron chi connectivity index (χ2n) is 4.92. The van der Waals surface area contributed by atoms with Gasteiger partial charge in [0, 0.05) is 24.8 Å². The number of hydrogen-bond donors (Lipinski definition) is 2. The number of ether oxygens (including phenoxy) is 2. The van der Waals surface area contributed by atoms with Crippen LogP contribution in [0, 0.1) is 5.92 Å². The number of carbonyl (C=O) groups is 1. The molecule has 1 aromatic heterocycles. The van der Waals surface area contributed by atoms with E-state index in [1.165, 1.54) is 7.11 Å². The van der Waals surface area contributed by atoms with E-state index in [1.807, 2.05) is 0 Å². The first-order chi connectivity index (χ1) is 9.22. The van der Waals surface area contributed by atoms with Crippen LogP contribution in [0.2, 0.25) is 0 Å². The van der Waals surface area contributed by atoms with Crippen LogP contribution in [0.25, 0.3) is 0 Å². The fourth-order valence-electron chi connectivity index (χ4n) is 2.88. The molecular formula is C13H17N3O3. The van der Waals surface area contributed by atoms with Gasteiger partial charge in [-0.2, -0.15) is 0 Å². The van der Waals surface area contributed by atoms with Gasteiger partial charge < -0.3 is 20.5 Å². The summed E-state index contributed by atoms with van der Waals surface area (Å²) in [6.45, 7) is 0.728. The van der Waals surface area contributed by atoms with Crippen molar-refractivity contribution >= 4 is 5.91 Å². The molecule has 2 fully saturated rings. The summed E-state index contributed by atoms with van der Waals surface area (Å²) in [5.74, 6) is 0.470.